The first-order chi connectivity index (χ1) is 8.67. The number of unbranched alkanes of at least 4 members (excludes halogenated alkanes) is 1. The first kappa shape index (κ1) is 14.8. The molecule has 1 aromatic rings. The van der Waals surface area contributed by atoms with Gasteiger partial charge in [-0.3, -0.25) is 0 Å². The molecule has 0 unspecified atom stereocenters. The lowest BCUT2D eigenvalue weighted by Crippen LogP contribution is -2.31. The fourth-order valence-corrected chi connectivity index (χ4v) is 1.73. The molecule has 3 nitrogen and oxygen atoms in total. The first-order valence-electron chi connectivity index (χ1n) is 6.42. The van der Waals surface area contributed by atoms with Crippen LogP contribution in [0.25, 0.3) is 0 Å². The van der Waals surface area contributed by atoms with Crippen molar-refractivity contribution in [2.75, 3.05) is 25.5 Å². The molecule has 18 heavy (non-hydrogen) atoms. The molecule has 0 radical (unpaired) electrons. The number of anilines is 1. The van der Waals surface area contributed by atoms with Gasteiger partial charge in [-0.1, -0.05) is 13.3 Å². The average molecular weight is 266 g/mol. The van der Waals surface area contributed by atoms with Gasteiger partial charge in [-0.2, -0.15) is 0 Å². The molecule has 0 saturated heterocycles. The number of nitrogens with zero attached hydrogens (tertiary/aromatic N) is 1. The molecule has 0 aliphatic rings. The minimum Gasteiger partial charge on any atom is -0.494 e. The maximum atomic E-state index is 5.40. The Morgan fingerprint density at radius 2 is 1.94 bits per heavy atom. The van der Waals surface area contributed by atoms with E-state index in [0.717, 1.165) is 29.5 Å². The zero-order valence-electron chi connectivity index (χ0n) is 11.4. The first-order valence-corrected chi connectivity index (χ1v) is 6.83. The second kappa shape index (κ2) is 7.93. The Bertz CT molecular complexity index is 365. The Labute approximate surface area is 115 Å². The second-order valence-electron chi connectivity index (χ2n) is 4.16. The van der Waals surface area contributed by atoms with E-state index < -0.39 is 0 Å². The van der Waals surface area contributed by atoms with Crippen molar-refractivity contribution in [3.05, 3.63) is 24.3 Å². The predicted molar refractivity (Wildman–Crippen MR) is 81.4 cm³/mol. The average Bonchev–Trinajstić information content (AvgIpc) is 2.38. The van der Waals surface area contributed by atoms with E-state index in [1.54, 1.807) is 0 Å². The van der Waals surface area contributed by atoms with Crippen LogP contribution in [-0.4, -0.2) is 30.2 Å². The molecular weight excluding hydrogens is 244 g/mol. The van der Waals surface area contributed by atoms with Crippen molar-refractivity contribution in [3.63, 3.8) is 0 Å². The Morgan fingerprint density at radius 3 is 2.50 bits per heavy atom. The fraction of sp³-hybridized carbons (Fsp3) is 0.500. The van der Waals surface area contributed by atoms with Crippen LogP contribution in [0.15, 0.2) is 24.3 Å². The quantitative estimate of drug-likeness (QED) is 0.796. The summed E-state index contributed by atoms with van der Waals surface area (Å²) >= 11 is 5.34. The molecule has 0 saturated carbocycles. The van der Waals surface area contributed by atoms with Gasteiger partial charge in [0.15, 0.2) is 5.11 Å². The van der Waals surface area contributed by atoms with E-state index in [4.69, 9.17) is 17.0 Å². The van der Waals surface area contributed by atoms with E-state index in [2.05, 4.69) is 17.1 Å². The van der Waals surface area contributed by atoms with Crippen LogP contribution in [0.3, 0.4) is 0 Å². The molecule has 1 rings (SSSR count). The third-order valence-electron chi connectivity index (χ3n) is 2.61. The molecule has 100 valence electrons. The highest BCUT2D eigenvalue weighted by atomic mass is 32.1. The highest BCUT2D eigenvalue weighted by molar-refractivity contribution is 7.80. The summed E-state index contributed by atoms with van der Waals surface area (Å²) in [6.45, 7) is 5.82. The Morgan fingerprint density at radius 1 is 1.28 bits per heavy atom. The van der Waals surface area contributed by atoms with Crippen LogP contribution in [0.2, 0.25) is 0 Å². The van der Waals surface area contributed by atoms with Gasteiger partial charge in [-0.05, 0) is 49.8 Å². The molecule has 0 aliphatic carbocycles. The number of hydrogen-bond donors (Lipinski definition) is 1. The molecule has 0 aliphatic heterocycles. The molecule has 0 bridgehead atoms. The molecule has 0 fully saturated rings. The van der Waals surface area contributed by atoms with Crippen molar-refractivity contribution in [3.8, 4) is 5.75 Å². The van der Waals surface area contributed by atoms with E-state index in [1.165, 1.54) is 6.42 Å². The van der Waals surface area contributed by atoms with Gasteiger partial charge in [0.1, 0.15) is 5.75 Å². The third kappa shape index (κ3) is 4.92. The molecule has 0 amide bonds. The number of nitrogens with one attached hydrogen (secondary N) is 1. The summed E-state index contributed by atoms with van der Waals surface area (Å²) in [5.41, 5.74) is 0.992. The number of rotatable bonds is 6. The molecule has 0 atom stereocenters. The lowest BCUT2D eigenvalue weighted by atomic mass is 10.3. The zero-order valence-corrected chi connectivity index (χ0v) is 12.2. The SMILES string of the molecule is CCCCN(C)C(=S)Nc1ccc(OCC)cc1. The molecule has 0 spiro atoms. The van der Waals surface area contributed by atoms with Gasteiger partial charge in [0.2, 0.25) is 0 Å². The maximum absolute atomic E-state index is 5.40. The molecule has 1 N–H and O–H groups in total. The van der Waals surface area contributed by atoms with E-state index in [1.807, 2.05) is 38.2 Å². The number of thiocarbonyl (C=S) groups is 1. The van der Waals surface area contributed by atoms with Gasteiger partial charge in [-0.15, -0.1) is 0 Å². The predicted octanol–water partition coefficient (Wildman–Crippen LogP) is 3.51. The monoisotopic (exact) mass is 266 g/mol. The topological polar surface area (TPSA) is 24.5 Å². The Kier molecular flexibility index (Phi) is 6.50. The van der Waals surface area contributed by atoms with Crippen molar-refractivity contribution in [1.29, 1.82) is 0 Å². The van der Waals surface area contributed by atoms with Crippen molar-refractivity contribution in [1.82, 2.24) is 4.90 Å². The smallest absolute Gasteiger partial charge is 0.173 e. The van der Waals surface area contributed by atoms with E-state index in [-0.39, 0.29) is 0 Å². The van der Waals surface area contributed by atoms with Crippen LogP contribution in [0.1, 0.15) is 26.7 Å². The molecular formula is C14H22N2OS. The minimum atomic E-state index is 0.685. The summed E-state index contributed by atoms with van der Waals surface area (Å²) in [4.78, 5) is 2.06. The number of hydrogen-bond acceptors (Lipinski definition) is 2. The Balaban J connectivity index is 2.48. The number of ether oxygens (including phenoxy) is 1. The van der Waals surface area contributed by atoms with Gasteiger partial charge in [0, 0.05) is 19.3 Å². The zero-order chi connectivity index (χ0) is 13.4. The maximum Gasteiger partial charge on any atom is 0.173 e. The third-order valence-corrected chi connectivity index (χ3v) is 3.02. The fourth-order valence-electron chi connectivity index (χ4n) is 1.52. The largest absolute Gasteiger partial charge is 0.494 e. The molecule has 0 heterocycles. The summed E-state index contributed by atoms with van der Waals surface area (Å²) in [6.07, 6.45) is 2.33. The van der Waals surface area contributed by atoms with Crippen LogP contribution in [0, 0.1) is 0 Å². The lowest BCUT2D eigenvalue weighted by Gasteiger charge is -2.20. The summed E-state index contributed by atoms with van der Waals surface area (Å²) in [7, 11) is 2.01. The van der Waals surface area contributed by atoms with Crippen LogP contribution in [0.5, 0.6) is 5.75 Å². The van der Waals surface area contributed by atoms with Crippen LogP contribution >= 0.6 is 12.2 Å². The van der Waals surface area contributed by atoms with Gasteiger partial charge in [-0.25, -0.2) is 0 Å². The Hall–Kier alpha value is -1.29. The molecule has 4 heteroatoms. The summed E-state index contributed by atoms with van der Waals surface area (Å²) in [6, 6.07) is 7.84. The van der Waals surface area contributed by atoms with Gasteiger partial charge in [0.25, 0.3) is 0 Å². The van der Waals surface area contributed by atoms with Gasteiger partial charge in [0.05, 0.1) is 6.61 Å². The van der Waals surface area contributed by atoms with E-state index in [9.17, 15) is 0 Å². The highest BCUT2D eigenvalue weighted by Crippen LogP contribution is 2.15. The minimum absolute atomic E-state index is 0.685. The van der Waals surface area contributed by atoms with Gasteiger partial charge < -0.3 is 15.0 Å². The van der Waals surface area contributed by atoms with Crippen molar-refractivity contribution in [2.45, 2.75) is 26.7 Å². The van der Waals surface area contributed by atoms with Crippen LogP contribution in [0.4, 0.5) is 5.69 Å². The highest BCUT2D eigenvalue weighted by Gasteiger charge is 2.03. The van der Waals surface area contributed by atoms with E-state index >= 15 is 0 Å². The second-order valence-corrected chi connectivity index (χ2v) is 4.55. The van der Waals surface area contributed by atoms with Crippen molar-refractivity contribution >= 4 is 23.0 Å². The van der Waals surface area contributed by atoms with Crippen molar-refractivity contribution in [2.24, 2.45) is 0 Å². The van der Waals surface area contributed by atoms with Crippen molar-refractivity contribution < 1.29 is 4.74 Å². The summed E-state index contributed by atoms with van der Waals surface area (Å²) < 4.78 is 5.40. The standard InChI is InChI=1S/C14H22N2OS/c1-4-6-11-16(3)14(18)15-12-7-9-13(10-8-12)17-5-2/h7-10H,4-6,11H2,1-3H3,(H,15,18). The summed E-state index contributed by atoms with van der Waals surface area (Å²) in [5.74, 6) is 0.883. The normalized spacial score (nSPS) is 9.94. The lowest BCUT2D eigenvalue weighted by molar-refractivity contribution is 0.340. The van der Waals surface area contributed by atoms with E-state index in [0.29, 0.717) is 6.61 Å². The van der Waals surface area contributed by atoms with Gasteiger partial charge >= 0.3 is 0 Å². The molecule has 1 aromatic carbocycles. The number of benzene rings is 1. The molecule has 0 aromatic heterocycles. The van der Waals surface area contributed by atoms with Crippen LogP contribution < -0.4 is 10.1 Å². The van der Waals surface area contributed by atoms with Crippen LogP contribution in [-0.2, 0) is 0 Å². The summed E-state index contributed by atoms with van der Waals surface area (Å²) in [5, 5.41) is 3.98.